The molecule has 0 fully saturated rings. The van der Waals surface area contributed by atoms with E-state index in [2.05, 4.69) is 0 Å². The van der Waals surface area contributed by atoms with E-state index in [1.807, 2.05) is 60.7 Å². The maximum atomic E-state index is 12.3. The summed E-state index contributed by atoms with van der Waals surface area (Å²) in [6.45, 7) is 1.72. The Labute approximate surface area is 128 Å². The fraction of sp³-hybridized carbons (Fsp3) is 0.125. The normalized spacial score (nSPS) is 14.8. The van der Waals surface area contributed by atoms with E-state index in [9.17, 15) is 9.32 Å². The quantitative estimate of drug-likeness (QED) is 0.838. The Kier molecular flexibility index (Phi) is 5.74. The van der Waals surface area contributed by atoms with E-state index in [0.29, 0.717) is 0 Å². The Morgan fingerprint density at radius 1 is 1.10 bits per heavy atom. The van der Waals surface area contributed by atoms with Gasteiger partial charge in [-0.15, -0.1) is 0 Å². The Morgan fingerprint density at radius 3 is 2.20 bits per heavy atom. The van der Waals surface area contributed by atoms with Crippen LogP contribution >= 0.6 is 0 Å². The molecule has 0 amide bonds. The van der Waals surface area contributed by atoms with Crippen LogP contribution in [0.5, 0.6) is 0 Å². The second-order valence-electron chi connectivity index (χ2n) is 4.22. The Balaban J connectivity index is 2.20. The molecule has 2 nitrogen and oxygen atoms in total. The predicted octanol–water partition coefficient (Wildman–Crippen LogP) is 2.05. The van der Waals surface area contributed by atoms with E-state index in [1.54, 1.807) is 12.3 Å². The zero-order valence-electron chi connectivity index (χ0n) is 11.1. The van der Waals surface area contributed by atoms with Gasteiger partial charge < -0.3 is 0 Å². The van der Waals surface area contributed by atoms with Crippen LogP contribution in [0.2, 0.25) is 0 Å². The van der Waals surface area contributed by atoms with E-state index in [1.165, 1.54) is 0 Å². The molecule has 0 aliphatic heterocycles. The van der Waals surface area contributed by atoms with Crippen LogP contribution in [0.1, 0.15) is 6.92 Å². The van der Waals surface area contributed by atoms with Gasteiger partial charge in [0, 0.05) is 0 Å². The van der Waals surface area contributed by atoms with Crippen molar-refractivity contribution in [3.63, 3.8) is 0 Å². The molecule has 0 aliphatic rings. The fourth-order valence-corrected chi connectivity index (χ4v) is 4.98. The van der Waals surface area contributed by atoms with Crippen molar-refractivity contribution in [1.29, 1.82) is 0 Å². The first kappa shape index (κ1) is 15.2. The summed E-state index contributed by atoms with van der Waals surface area (Å²) in [5, 5.41) is 11.6. The van der Waals surface area contributed by atoms with Crippen molar-refractivity contribution in [1.82, 2.24) is 0 Å². The van der Waals surface area contributed by atoms with Crippen LogP contribution in [0.15, 0.2) is 75.4 Å². The van der Waals surface area contributed by atoms with Gasteiger partial charge >= 0.3 is 128 Å². The van der Waals surface area contributed by atoms with Gasteiger partial charge in [0.1, 0.15) is 0 Å². The average molecular weight is 351 g/mol. The summed E-state index contributed by atoms with van der Waals surface area (Å²) in [6, 6.07) is 19.3. The molecule has 2 rings (SSSR count). The third-order valence-electron chi connectivity index (χ3n) is 2.59. The molecule has 0 heterocycles. The fourth-order valence-electron chi connectivity index (χ4n) is 1.56. The Hall–Kier alpha value is -1.19. The van der Waals surface area contributed by atoms with E-state index in [-0.39, 0.29) is 15.0 Å². The monoisotopic (exact) mass is 352 g/mol. The minimum absolute atomic E-state index is 0.0140. The van der Waals surface area contributed by atoms with Crippen molar-refractivity contribution in [3.8, 4) is 0 Å². The second-order valence-corrected chi connectivity index (χ2v) is 7.93. The van der Waals surface area contributed by atoms with Gasteiger partial charge in [-0.05, 0) is 0 Å². The zero-order chi connectivity index (χ0) is 14.4. The molecule has 20 heavy (non-hydrogen) atoms. The van der Waals surface area contributed by atoms with Crippen LogP contribution < -0.4 is 4.46 Å². The molecule has 0 saturated heterocycles. The minimum atomic E-state index is -1.21. The number of hydrogen-bond donors (Lipinski definition) is 1. The van der Waals surface area contributed by atoms with Crippen molar-refractivity contribution < 1.29 is 9.32 Å². The van der Waals surface area contributed by atoms with Crippen LogP contribution in [0.4, 0.5) is 0 Å². The molecule has 104 valence electrons. The summed E-state index contributed by atoms with van der Waals surface area (Å²) >= 11 is -0.0140. The number of rotatable bonds is 5. The molecule has 2 unspecified atom stereocenters. The van der Waals surface area contributed by atoms with Gasteiger partial charge in [-0.3, -0.25) is 0 Å². The molecule has 2 aromatic carbocycles. The van der Waals surface area contributed by atoms with Crippen LogP contribution in [0, 0.1) is 0 Å². The van der Waals surface area contributed by atoms with E-state index in [0.717, 1.165) is 13.8 Å². The molecule has 0 radical (unpaired) electrons. The van der Waals surface area contributed by atoms with Crippen molar-refractivity contribution in [3.05, 3.63) is 70.5 Å². The summed E-state index contributed by atoms with van der Waals surface area (Å²) in [7, 11) is -1.21. The summed E-state index contributed by atoms with van der Waals surface area (Å²) in [5.41, 5.74) is 0. The third-order valence-corrected chi connectivity index (χ3v) is 6.65. The first-order valence-corrected chi connectivity index (χ1v) is 9.18. The average Bonchev–Trinajstić information content (AvgIpc) is 2.48. The van der Waals surface area contributed by atoms with Crippen LogP contribution in [-0.2, 0) is 10.8 Å². The van der Waals surface area contributed by atoms with Crippen molar-refractivity contribution >= 4 is 30.2 Å². The first-order chi connectivity index (χ1) is 9.66. The second kappa shape index (κ2) is 7.55. The number of benzene rings is 2. The van der Waals surface area contributed by atoms with Gasteiger partial charge in [-0.2, -0.15) is 0 Å². The first-order valence-electron chi connectivity index (χ1n) is 6.25. The van der Waals surface area contributed by atoms with Crippen LogP contribution in [0.25, 0.3) is 0 Å². The summed E-state index contributed by atoms with van der Waals surface area (Å²) in [4.78, 5) is 0.759. The van der Waals surface area contributed by atoms with Crippen LogP contribution in [0.3, 0.4) is 0 Å². The van der Waals surface area contributed by atoms with Gasteiger partial charge in [0.15, 0.2) is 0 Å². The summed E-state index contributed by atoms with van der Waals surface area (Å²) in [5.74, 6) is 0. The van der Waals surface area contributed by atoms with Crippen LogP contribution in [-0.4, -0.2) is 30.4 Å². The molecule has 4 heteroatoms. The molecule has 0 spiro atoms. The molecule has 0 saturated carbocycles. The van der Waals surface area contributed by atoms with Gasteiger partial charge in [0.2, 0.25) is 0 Å². The van der Waals surface area contributed by atoms with Gasteiger partial charge in [0.05, 0.1) is 0 Å². The Morgan fingerprint density at radius 2 is 1.65 bits per heavy atom. The third kappa shape index (κ3) is 4.43. The Bertz CT molecular complexity index is 594. The van der Waals surface area contributed by atoms with E-state index < -0.39 is 16.9 Å². The molecule has 2 atom stereocenters. The molecule has 0 bridgehead atoms. The van der Waals surface area contributed by atoms with E-state index >= 15 is 0 Å². The van der Waals surface area contributed by atoms with Gasteiger partial charge in [-0.1, -0.05) is 0 Å². The molecule has 0 aliphatic carbocycles. The number of aliphatic hydroxyl groups is 1. The molecular weight excluding hydrogens is 335 g/mol. The summed E-state index contributed by atoms with van der Waals surface area (Å²) < 4.78 is 14.3. The van der Waals surface area contributed by atoms with E-state index in [4.69, 9.17) is 0 Å². The van der Waals surface area contributed by atoms with Gasteiger partial charge in [0.25, 0.3) is 0 Å². The number of aliphatic hydroxyl groups excluding tert-OH is 1. The number of hydrogen-bond acceptors (Lipinski definition) is 2. The maximum absolute atomic E-state index is 12.3. The molecule has 2 aromatic rings. The molecular formula is C16H16O2SSe. The SMILES string of the molecule is CC(O)/C(=C\S(=O)c1ccccc1)[Se]c1ccccc1. The van der Waals surface area contributed by atoms with Crippen molar-refractivity contribution in [2.75, 3.05) is 0 Å². The topological polar surface area (TPSA) is 37.3 Å². The molecule has 1 N–H and O–H groups in total. The molecule has 0 aromatic heterocycles. The van der Waals surface area contributed by atoms with Crippen molar-refractivity contribution in [2.24, 2.45) is 0 Å². The summed E-state index contributed by atoms with van der Waals surface area (Å²) in [6.07, 6.45) is -0.581. The van der Waals surface area contributed by atoms with Gasteiger partial charge in [-0.25, -0.2) is 0 Å². The zero-order valence-corrected chi connectivity index (χ0v) is 13.6. The predicted molar refractivity (Wildman–Crippen MR) is 84.4 cm³/mol. The standard InChI is InChI=1S/C16H16O2SSe/c1-13(17)16(20-15-10-6-3-7-11-15)12-19(18)14-8-4-2-5-9-14/h2-13,17H,1H3/b16-12+. The van der Waals surface area contributed by atoms with Crippen molar-refractivity contribution in [2.45, 2.75) is 17.9 Å².